The molecular weight excluding hydrogens is 1010 g/mol. The van der Waals surface area contributed by atoms with Gasteiger partial charge in [0.05, 0.1) is 110 Å². The number of quaternary nitrogens is 1. The summed E-state index contributed by atoms with van der Waals surface area (Å²) in [5.41, 5.74) is 0. The van der Waals surface area contributed by atoms with E-state index in [1.54, 1.807) is 4.90 Å². The molecule has 0 saturated heterocycles. The van der Waals surface area contributed by atoms with E-state index in [2.05, 4.69) is 21.0 Å². The average molecular weight is 1110 g/mol. The third-order valence-corrected chi connectivity index (χ3v) is 17.4. The molecule has 0 aliphatic heterocycles. The predicted molar refractivity (Wildman–Crippen MR) is 273 cm³/mol. The largest absolute Gasteiger partial charge is 0.748 e. The Balaban J connectivity index is 6.08. The van der Waals surface area contributed by atoms with Crippen molar-refractivity contribution in [3.63, 3.8) is 0 Å². The second-order valence-electron chi connectivity index (χ2n) is 19.6. The van der Waals surface area contributed by atoms with E-state index in [4.69, 9.17) is 17.8 Å². The average Bonchev–Trinajstić information content (AvgIpc) is 3.23. The highest BCUT2D eigenvalue weighted by Crippen LogP contribution is 2.22. The molecule has 0 aromatic rings. The molecule has 3 atom stereocenters. The summed E-state index contributed by atoms with van der Waals surface area (Å²) >= 11 is 0. The van der Waals surface area contributed by atoms with Gasteiger partial charge in [-0.05, 0) is 32.2 Å². The molecule has 0 heterocycles. The maximum Gasteiger partial charge on any atom is 0.501 e. The first-order chi connectivity index (χ1) is 33.4. The molecule has 3 unspecified atom stereocenters. The summed E-state index contributed by atoms with van der Waals surface area (Å²) in [6.07, 6.45) is 16.1. The van der Waals surface area contributed by atoms with Crippen LogP contribution in [-0.2, 0) is 43.6 Å². The first kappa shape index (κ1) is 70.4. The topological polar surface area (TPSA) is 328 Å². The van der Waals surface area contributed by atoms with E-state index in [0.29, 0.717) is 36.3 Å². The molecule has 0 aromatic carbocycles. The SMILES string of the molecule is CCCCCCCCCCCCCCCCC[N+](C)(C)CCC[Si](OCCCCN(CCO)CC(O)CS(=O)(=O)O)(OCCN(CCO)CC(O)CS(=O)(=O)[O-])OCCN(CCO)CC(O)CS(=O)(=O)[O-]. The fraction of sp³-hybridized carbons (Fsp3) is 1.00. The molecule has 0 radical (unpaired) electrons. The van der Waals surface area contributed by atoms with Crippen LogP contribution in [0.2, 0.25) is 6.04 Å². The molecule has 428 valence electrons. The van der Waals surface area contributed by atoms with E-state index in [0.717, 1.165) is 25.9 Å². The summed E-state index contributed by atoms with van der Waals surface area (Å²) in [5, 5.41) is 60.0. The molecule has 0 rings (SSSR count). The zero-order chi connectivity index (χ0) is 53.7. The molecule has 0 spiro atoms. The molecule has 0 aliphatic carbocycles. The lowest BCUT2D eigenvalue weighted by Crippen LogP contribution is -2.51. The smallest absolute Gasteiger partial charge is 0.501 e. The van der Waals surface area contributed by atoms with Crippen LogP contribution in [0.15, 0.2) is 0 Å². The van der Waals surface area contributed by atoms with Crippen molar-refractivity contribution in [3.8, 4) is 0 Å². The lowest BCUT2D eigenvalue weighted by atomic mass is 10.0. The maximum atomic E-state index is 11.3. The summed E-state index contributed by atoms with van der Waals surface area (Å²) in [5.74, 6) is -2.92. The highest BCUT2D eigenvalue weighted by Gasteiger charge is 2.42. The molecule has 0 bridgehead atoms. The van der Waals surface area contributed by atoms with Crippen LogP contribution in [0.4, 0.5) is 0 Å². The number of aliphatic hydroxyl groups is 6. The number of nitrogens with zero attached hydrogens (tertiary/aromatic N) is 4. The summed E-state index contributed by atoms with van der Waals surface area (Å²) in [7, 11) is -13.4. The van der Waals surface area contributed by atoms with Gasteiger partial charge in [-0.25, -0.2) is 16.8 Å². The monoisotopic (exact) mass is 1110 g/mol. The van der Waals surface area contributed by atoms with Gasteiger partial charge in [0.15, 0.2) is 0 Å². The minimum Gasteiger partial charge on any atom is -0.748 e. The van der Waals surface area contributed by atoms with Crippen LogP contribution in [0.1, 0.15) is 122 Å². The van der Waals surface area contributed by atoms with Crippen molar-refractivity contribution in [2.75, 3.05) is 143 Å². The Bertz CT molecular complexity index is 1570. The zero-order valence-corrected chi connectivity index (χ0v) is 46.9. The fourth-order valence-electron chi connectivity index (χ4n) is 8.49. The number of rotatable bonds is 52. The van der Waals surface area contributed by atoms with Crippen molar-refractivity contribution in [1.29, 1.82) is 0 Å². The van der Waals surface area contributed by atoms with Crippen LogP contribution in [0.5, 0.6) is 0 Å². The summed E-state index contributed by atoms with van der Waals surface area (Å²) < 4.78 is 120. The van der Waals surface area contributed by atoms with Gasteiger partial charge in [-0.15, -0.1) is 0 Å². The van der Waals surface area contributed by atoms with E-state index in [1.807, 2.05) is 0 Å². The predicted octanol–water partition coefficient (Wildman–Crippen LogP) is 1.04. The van der Waals surface area contributed by atoms with Gasteiger partial charge < -0.3 is 57.5 Å². The molecule has 0 saturated carbocycles. The van der Waals surface area contributed by atoms with E-state index in [1.165, 1.54) is 93.3 Å². The molecule has 71 heavy (non-hydrogen) atoms. The number of unbranched alkanes of at least 4 members (excludes halogenated alkanes) is 15. The standard InChI is InChI=1S/C45H98N4O18S3Si/c1-4-5-6-7-8-9-10-11-12-13-14-15-16-17-19-28-49(2,3)29-21-36-71(66-34-26-47(24-31-51)38-44(54)41-69(59,60)61,67-35-27-48(25-32-52)39-45(55)42-70(62,63)64)65-33-20-18-22-46(23-30-50)37-43(53)40-68(56,57)58/h43-45,50-55H,4-42H2,1-3H3,(H2-,56,57,58,59,60,61,62,63,64)/p-1. The Morgan fingerprint density at radius 1 is 0.479 bits per heavy atom. The van der Waals surface area contributed by atoms with E-state index in [9.17, 15) is 65.0 Å². The Hall–Kier alpha value is -0.573. The van der Waals surface area contributed by atoms with E-state index in [-0.39, 0.29) is 92.0 Å². The maximum absolute atomic E-state index is 11.3. The molecule has 7 N–H and O–H groups in total. The van der Waals surface area contributed by atoms with Crippen LogP contribution in [-0.4, -0.2) is 259 Å². The van der Waals surface area contributed by atoms with Gasteiger partial charge in [0.1, 0.15) is 5.75 Å². The van der Waals surface area contributed by atoms with Gasteiger partial charge in [-0.2, -0.15) is 8.42 Å². The highest BCUT2D eigenvalue weighted by molar-refractivity contribution is 7.86. The zero-order valence-electron chi connectivity index (χ0n) is 43.4. The number of aliphatic hydroxyl groups excluding tert-OH is 6. The molecule has 0 aromatic heterocycles. The fourth-order valence-corrected chi connectivity index (χ4v) is 12.8. The number of hydrogen-bond acceptors (Lipinski definition) is 20. The quantitative estimate of drug-likeness (QED) is 0.0194. The molecule has 0 fully saturated rings. The van der Waals surface area contributed by atoms with Crippen molar-refractivity contribution >= 4 is 39.2 Å². The summed E-state index contributed by atoms with van der Waals surface area (Å²) in [6, 6.07) is 0.320. The second kappa shape index (κ2) is 40.6. The first-order valence-electron chi connectivity index (χ1n) is 26.0. The highest BCUT2D eigenvalue weighted by atomic mass is 32.2. The third kappa shape index (κ3) is 44.3. The molecule has 22 nitrogen and oxygen atoms in total. The summed E-state index contributed by atoms with van der Waals surface area (Å²) in [6.45, 7) is 2.86. The third-order valence-electron chi connectivity index (χ3n) is 12.1. The van der Waals surface area contributed by atoms with Crippen LogP contribution < -0.4 is 0 Å². The Labute approximate surface area is 429 Å². The normalized spacial score (nSPS) is 15.3. The Morgan fingerprint density at radius 3 is 1.21 bits per heavy atom. The van der Waals surface area contributed by atoms with Crippen molar-refractivity contribution in [2.45, 2.75) is 147 Å². The van der Waals surface area contributed by atoms with Gasteiger partial charge in [0.25, 0.3) is 10.1 Å². The minimum absolute atomic E-state index is 0.0152. The van der Waals surface area contributed by atoms with Crippen molar-refractivity contribution < 1.29 is 87.3 Å². The molecule has 0 aliphatic rings. The van der Waals surface area contributed by atoms with Gasteiger partial charge in [-0.1, -0.05) is 90.4 Å². The lowest BCUT2D eigenvalue weighted by molar-refractivity contribution is -0.890. The van der Waals surface area contributed by atoms with Crippen LogP contribution in [0.25, 0.3) is 0 Å². The molecular formula is C45H97N4O18S3Si-. The Kier molecular flexibility index (Phi) is 40.3. The van der Waals surface area contributed by atoms with Crippen molar-refractivity contribution in [1.82, 2.24) is 14.7 Å². The summed E-state index contributed by atoms with van der Waals surface area (Å²) in [4.78, 5) is 4.72. The van der Waals surface area contributed by atoms with Crippen LogP contribution in [0.3, 0.4) is 0 Å². The minimum atomic E-state index is -4.74. The van der Waals surface area contributed by atoms with Gasteiger partial charge in [0, 0.05) is 71.4 Å². The van der Waals surface area contributed by atoms with Gasteiger partial charge in [0.2, 0.25) is 0 Å². The molecule has 26 heteroatoms. The lowest BCUT2D eigenvalue weighted by Gasteiger charge is -2.34. The van der Waals surface area contributed by atoms with Crippen LogP contribution in [0, 0.1) is 0 Å². The van der Waals surface area contributed by atoms with E-state index >= 15 is 0 Å². The Morgan fingerprint density at radius 2 is 0.831 bits per heavy atom. The van der Waals surface area contributed by atoms with E-state index < -0.39 is 74.7 Å². The van der Waals surface area contributed by atoms with Gasteiger partial charge in [-0.3, -0.25) is 19.3 Å². The number of hydrogen-bond donors (Lipinski definition) is 7. The van der Waals surface area contributed by atoms with Crippen LogP contribution >= 0.6 is 0 Å². The molecule has 0 amide bonds. The van der Waals surface area contributed by atoms with Crippen molar-refractivity contribution in [2.24, 2.45) is 0 Å². The second-order valence-corrected chi connectivity index (χ2v) is 26.7. The first-order valence-corrected chi connectivity index (χ1v) is 32.7. The van der Waals surface area contributed by atoms with Gasteiger partial charge >= 0.3 is 8.80 Å². The van der Waals surface area contributed by atoms with Crippen molar-refractivity contribution in [3.05, 3.63) is 0 Å².